The zero-order valence-electron chi connectivity index (χ0n) is 13.1. The number of pyridine rings is 1. The van der Waals surface area contributed by atoms with Gasteiger partial charge in [0.25, 0.3) is 5.91 Å². The summed E-state index contributed by atoms with van der Waals surface area (Å²) >= 11 is 0. The third-order valence-electron chi connectivity index (χ3n) is 4.54. The van der Waals surface area contributed by atoms with Gasteiger partial charge in [0, 0.05) is 26.2 Å². The molecule has 0 N–H and O–H groups in total. The molecule has 0 aliphatic carbocycles. The predicted molar refractivity (Wildman–Crippen MR) is 84.5 cm³/mol. The van der Waals surface area contributed by atoms with Gasteiger partial charge in [-0.15, -0.1) is 0 Å². The number of rotatable bonds is 2. The fourth-order valence-electron chi connectivity index (χ4n) is 3.66. The summed E-state index contributed by atoms with van der Waals surface area (Å²) in [4.78, 5) is 21.6. The number of likely N-dealkylation sites (tertiary alicyclic amines) is 1. The molecule has 1 amide bonds. The summed E-state index contributed by atoms with van der Waals surface area (Å²) in [6.07, 6.45) is 3.66. The molecule has 2 fully saturated rings. The Balaban J connectivity index is 1.76. The first-order valence-electron chi connectivity index (χ1n) is 8.15. The van der Waals surface area contributed by atoms with Gasteiger partial charge in [-0.05, 0) is 43.2 Å². The van der Waals surface area contributed by atoms with Gasteiger partial charge in [-0.25, -0.2) is 4.98 Å². The van der Waals surface area contributed by atoms with Crippen LogP contribution in [0, 0.1) is 11.8 Å². The Hall–Kier alpha value is -1.58. The summed E-state index contributed by atoms with van der Waals surface area (Å²) in [5.41, 5.74) is 0.598. The van der Waals surface area contributed by atoms with E-state index < -0.39 is 0 Å². The summed E-state index contributed by atoms with van der Waals surface area (Å²) in [7, 11) is 0. The van der Waals surface area contributed by atoms with Gasteiger partial charge in [0.15, 0.2) is 0 Å². The molecule has 0 radical (unpaired) electrons. The fraction of sp³-hybridized carbons (Fsp3) is 0.647. The van der Waals surface area contributed by atoms with E-state index in [0.29, 0.717) is 17.5 Å². The van der Waals surface area contributed by atoms with Gasteiger partial charge in [0.2, 0.25) is 0 Å². The lowest BCUT2D eigenvalue weighted by Crippen LogP contribution is -2.43. The molecule has 2 unspecified atom stereocenters. The zero-order valence-corrected chi connectivity index (χ0v) is 13.1. The van der Waals surface area contributed by atoms with E-state index in [1.807, 2.05) is 23.1 Å². The van der Waals surface area contributed by atoms with Crippen molar-refractivity contribution in [2.45, 2.75) is 33.1 Å². The van der Waals surface area contributed by atoms with Gasteiger partial charge in [0.1, 0.15) is 11.5 Å². The van der Waals surface area contributed by atoms with Crippen molar-refractivity contribution in [2.75, 3.05) is 31.1 Å². The Morgan fingerprint density at radius 2 is 1.81 bits per heavy atom. The van der Waals surface area contributed by atoms with Crippen LogP contribution in [0.2, 0.25) is 0 Å². The third-order valence-corrected chi connectivity index (χ3v) is 4.54. The molecule has 2 saturated heterocycles. The molecular weight excluding hydrogens is 262 g/mol. The van der Waals surface area contributed by atoms with Gasteiger partial charge in [-0.2, -0.15) is 0 Å². The molecule has 4 heteroatoms. The van der Waals surface area contributed by atoms with Gasteiger partial charge in [-0.1, -0.05) is 19.9 Å². The molecule has 1 aromatic rings. The standard InChI is InChI=1S/C17H25N3O/c1-13-10-14(2)12-20(11-13)17(21)15-6-5-7-16(18-15)19-8-3-4-9-19/h5-7,13-14H,3-4,8-12H2,1-2H3. The maximum Gasteiger partial charge on any atom is 0.272 e. The normalized spacial score (nSPS) is 26.2. The van der Waals surface area contributed by atoms with E-state index in [4.69, 9.17) is 0 Å². The van der Waals surface area contributed by atoms with Crippen LogP contribution >= 0.6 is 0 Å². The Kier molecular flexibility index (Phi) is 4.13. The lowest BCUT2D eigenvalue weighted by atomic mass is 9.92. The topological polar surface area (TPSA) is 36.4 Å². The summed E-state index contributed by atoms with van der Waals surface area (Å²) in [6.45, 7) is 8.29. The van der Waals surface area contributed by atoms with Crippen LogP contribution in [0.3, 0.4) is 0 Å². The first kappa shape index (κ1) is 14.4. The van der Waals surface area contributed by atoms with Gasteiger partial charge in [-0.3, -0.25) is 4.79 Å². The number of nitrogens with zero attached hydrogens (tertiary/aromatic N) is 3. The Labute approximate surface area is 127 Å². The SMILES string of the molecule is CC1CC(C)CN(C(=O)c2cccc(N3CCCC3)n2)C1. The van der Waals surface area contributed by atoms with E-state index in [0.717, 1.165) is 32.0 Å². The van der Waals surface area contributed by atoms with Crippen LogP contribution in [-0.4, -0.2) is 42.0 Å². The minimum absolute atomic E-state index is 0.0921. The number of hydrogen-bond donors (Lipinski definition) is 0. The Bertz CT molecular complexity index is 501. The van der Waals surface area contributed by atoms with Crippen molar-refractivity contribution in [3.63, 3.8) is 0 Å². The number of amides is 1. The van der Waals surface area contributed by atoms with Gasteiger partial charge < -0.3 is 9.80 Å². The Morgan fingerprint density at radius 3 is 2.48 bits per heavy atom. The largest absolute Gasteiger partial charge is 0.357 e. The molecular formula is C17H25N3O. The zero-order chi connectivity index (χ0) is 14.8. The van der Waals surface area contributed by atoms with Crippen LogP contribution in [0.5, 0.6) is 0 Å². The maximum atomic E-state index is 12.7. The highest BCUT2D eigenvalue weighted by Crippen LogP contribution is 2.23. The number of anilines is 1. The van der Waals surface area contributed by atoms with Crippen LogP contribution in [0.1, 0.15) is 43.6 Å². The van der Waals surface area contributed by atoms with Gasteiger partial charge in [0.05, 0.1) is 0 Å². The fourth-order valence-corrected chi connectivity index (χ4v) is 3.66. The first-order valence-corrected chi connectivity index (χ1v) is 8.15. The number of piperidine rings is 1. The monoisotopic (exact) mass is 287 g/mol. The van der Waals surface area contributed by atoms with Crippen molar-refractivity contribution >= 4 is 11.7 Å². The molecule has 2 aliphatic heterocycles. The number of carbonyl (C=O) groups is 1. The highest BCUT2D eigenvalue weighted by molar-refractivity contribution is 5.92. The molecule has 114 valence electrons. The minimum atomic E-state index is 0.0921. The van der Waals surface area contributed by atoms with Crippen molar-refractivity contribution in [2.24, 2.45) is 11.8 Å². The van der Waals surface area contributed by atoms with Crippen molar-refractivity contribution in [1.29, 1.82) is 0 Å². The molecule has 0 saturated carbocycles. The van der Waals surface area contributed by atoms with E-state index in [-0.39, 0.29) is 5.91 Å². The summed E-state index contributed by atoms with van der Waals surface area (Å²) < 4.78 is 0. The predicted octanol–water partition coefficient (Wildman–Crippen LogP) is 2.80. The average Bonchev–Trinajstić information content (AvgIpc) is 3.00. The molecule has 3 rings (SSSR count). The molecule has 0 aromatic carbocycles. The van der Waals surface area contributed by atoms with Crippen LogP contribution in [0.4, 0.5) is 5.82 Å². The van der Waals surface area contributed by atoms with Crippen molar-refractivity contribution < 1.29 is 4.79 Å². The lowest BCUT2D eigenvalue weighted by Gasteiger charge is -2.34. The highest BCUT2D eigenvalue weighted by Gasteiger charge is 2.27. The molecule has 0 bridgehead atoms. The third kappa shape index (κ3) is 3.20. The van der Waals surface area contributed by atoms with E-state index in [1.165, 1.54) is 19.3 Å². The lowest BCUT2D eigenvalue weighted by molar-refractivity contribution is 0.0617. The van der Waals surface area contributed by atoms with E-state index in [9.17, 15) is 4.79 Å². The smallest absolute Gasteiger partial charge is 0.272 e. The number of aromatic nitrogens is 1. The average molecular weight is 287 g/mol. The summed E-state index contributed by atoms with van der Waals surface area (Å²) in [5.74, 6) is 2.21. The molecule has 0 spiro atoms. The minimum Gasteiger partial charge on any atom is -0.357 e. The molecule has 2 aliphatic rings. The van der Waals surface area contributed by atoms with Crippen LogP contribution in [-0.2, 0) is 0 Å². The summed E-state index contributed by atoms with van der Waals surface area (Å²) in [5, 5.41) is 0. The van der Waals surface area contributed by atoms with E-state index >= 15 is 0 Å². The van der Waals surface area contributed by atoms with Crippen LogP contribution in [0.15, 0.2) is 18.2 Å². The second kappa shape index (κ2) is 6.04. The molecule has 4 nitrogen and oxygen atoms in total. The quantitative estimate of drug-likeness (QED) is 0.839. The van der Waals surface area contributed by atoms with E-state index in [2.05, 4.69) is 23.7 Å². The molecule has 2 atom stereocenters. The molecule has 3 heterocycles. The highest BCUT2D eigenvalue weighted by atomic mass is 16.2. The van der Waals surface area contributed by atoms with Gasteiger partial charge >= 0.3 is 0 Å². The summed E-state index contributed by atoms with van der Waals surface area (Å²) in [6, 6.07) is 5.83. The Morgan fingerprint density at radius 1 is 1.14 bits per heavy atom. The number of carbonyl (C=O) groups excluding carboxylic acids is 1. The second-order valence-corrected chi connectivity index (χ2v) is 6.73. The van der Waals surface area contributed by atoms with E-state index in [1.54, 1.807) is 0 Å². The van der Waals surface area contributed by atoms with Crippen LogP contribution in [0.25, 0.3) is 0 Å². The second-order valence-electron chi connectivity index (χ2n) is 6.73. The molecule has 1 aromatic heterocycles. The van der Waals surface area contributed by atoms with Crippen molar-refractivity contribution in [3.8, 4) is 0 Å². The van der Waals surface area contributed by atoms with Crippen molar-refractivity contribution in [3.05, 3.63) is 23.9 Å². The van der Waals surface area contributed by atoms with Crippen molar-refractivity contribution in [1.82, 2.24) is 9.88 Å². The molecule has 21 heavy (non-hydrogen) atoms. The van der Waals surface area contributed by atoms with Crippen LogP contribution < -0.4 is 4.90 Å². The number of hydrogen-bond acceptors (Lipinski definition) is 3. The first-order chi connectivity index (χ1) is 10.1. The maximum absolute atomic E-state index is 12.7.